The average Bonchev–Trinajstić information content (AvgIpc) is 3.30. The molecule has 228 valence electrons. The number of methoxy groups -OCH3 is 1. The molecule has 0 bridgehead atoms. The normalized spacial score (nSPS) is 15.1. The van der Waals surface area contributed by atoms with Crippen LogP contribution in [-0.4, -0.2) is 79.9 Å². The van der Waals surface area contributed by atoms with Crippen LogP contribution in [0.25, 0.3) is 11.1 Å². The predicted octanol–water partition coefficient (Wildman–Crippen LogP) is 5.43. The lowest BCUT2D eigenvalue weighted by Crippen LogP contribution is -2.37. The number of carbonyl (C=O) groups excluding carboxylic acids is 2. The van der Waals surface area contributed by atoms with Crippen LogP contribution in [0.15, 0.2) is 42.5 Å². The number of fused-ring (bicyclic) bond motifs is 1. The molecule has 3 heterocycles. The molecule has 0 atom stereocenters. The number of hydrogen-bond donors (Lipinski definition) is 1. The van der Waals surface area contributed by atoms with Gasteiger partial charge in [0.05, 0.1) is 55.1 Å². The van der Waals surface area contributed by atoms with E-state index in [1.54, 1.807) is 45.0 Å². The SMILES string of the molecule is COc1cccc(F)c1-c1ccc(Nc2ccc(N3CCOCC3)c(CN(C)C)n2)c2c1CN(C(=O)OC(C)(C)C)C2=O. The number of nitrogens with one attached hydrogen (secondary N) is 1. The van der Waals surface area contributed by atoms with Crippen LogP contribution in [-0.2, 0) is 22.6 Å². The Kier molecular flexibility index (Phi) is 8.57. The number of aromatic nitrogens is 1. The van der Waals surface area contributed by atoms with Crippen LogP contribution < -0.4 is 15.0 Å². The van der Waals surface area contributed by atoms with E-state index in [9.17, 15) is 9.59 Å². The molecule has 11 heteroatoms. The molecule has 0 saturated carbocycles. The van der Waals surface area contributed by atoms with E-state index in [2.05, 4.69) is 10.2 Å². The lowest BCUT2D eigenvalue weighted by atomic mass is 9.94. The van der Waals surface area contributed by atoms with Crippen LogP contribution in [0.1, 0.15) is 42.4 Å². The minimum absolute atomic E-state index is 0.0826. The van der Waals surface area contributed by atoms with Gasteiger partial charge in [-0.05, 0) is 76.3 Å². The molecular weight excluding hydrogens is 553 g/mol. The van der Waals surface area contributed by atoms with Gasteiger partial charge >= 0.3 is 6.09 Å². The second kappa shape index (κ2) is 12.2. The molecule has 0 unspecified atom stereocenters. The summed E-state index contributed by atoms with van der Waals surface area (Å²) in [7, 11) is 5.43. The van der Waals surface area contributed by atoms with Crippen molar-refractivity contribution < 1.29 is 28.2 Å². The first-order chi connectivity index (χ1) is 20.5. The van der Waals surface area contributed by atoms with Crippen molar-refractivity contribution in [3.05, 3.63) is 65.1 Å². The molecular formula is C32H38FN5O5. The minimum Gasteiger partial charge on any atom is -0.496 e. The van der Waals surface area contributed by atoms with Crippen molar-refractivity contribution in [3.8, 4) is 16.9 Å². The van der Waals surface area contributed by atoms with E-state index in [0.29, 0.717) is 48.1 Å². The molecule has 10 nitrogen and oxygen atoms in total. The first kappa shape index (κ1) is 30.2. The van der Waals surface area contributed by atoms with Crippen LogP contribution in [0.5, 0.6) is 5.75 Å². The van der Waals surface area contributed by atoms with Crippen molar-refractivity contribution in [2.45, 2.75) is 39.5 Å². The van der Waals surface area contributed by atoms with Crippen LogP contribution >= 0.6 is 0 Å². The molecule has 2 aliphatic rings. The molecule has 0 spiro atoms. The number of imide groups is 1. The lowest BCUT2D eigenvalue weighted by molar-refractivity contribution is 0.0248. The second-order valence-electron chi connectivity index (χ2n) is 11.8. The van der Waals surface area contributed by atoms with E-state index in [0.717, 1.165) is 29.4 Å². The molecule has 3 aromatic rings. The van der Waals surface area contributed by atoms with E-state index in [1.807, 2.05) is 31.1 Å². The zero-order chi connectivity index (χ0) is 30.9. The van der Waals surface area contributed by atoms with Gasteiger partial charge in [0.2, 0.25) is 0 Å². The van der Waals surface area contributed by atoms with Gasteiger partial charge in [0, 0.05) is 19.6 Å². The van der Waals surface area contributed by atoms with Gasteiger partial charge in [0.25, 0.3) is 5.91 Å². The highest BCUT2D eigenvalue weighted by atomic mass is 19.1. The van der Waals surface area contributed by atoms with Crippen molar-refractivity contribution in [1.82, 2.24) is 14.8 Å². The Morgan fingerprint density at radius 3 is 2.51 bits per heavy atom. The summed E-state index contributed by atoms with van der Waals surface area (Å²) in [6.45, 7) is 8.59. The third-order valence-corrected chi connectivity index (χ3v) is 7.20. The van der Waals surface area contributed by atoms with Crippen LogP contribution in [0, 0.1) is 5.82 Å². The molecule has 1 saturated heterocycles. The standard InChI is InChI=1S/C32H38FN5O5/c1-32(2,3)43-31(40)38-18-21-20(28-22(33)8-7-9-26(28)41-6)10-11-23(29(21)30(38)39)34-27-13-12-25(24(35-27)19-36(4)5)37-14-16-42-17-15-37/h7-13H,14-19H2,1-6H3,(H,34,35). The molecule has 1 aromatic heterocycles. The van der Waals surface area contributed by atoms with E-state index in [-0.39, 0.29) is 17.7 Å². The molecule has 1 N–H and O–H groups in total. The maximum absolute atomic E-state index is 15.2. The van der Waals surface area contributed by atoms with Gasteiger partial charge in [-0.3, -0.25) is 4.79 Å². The summed E-state index contributed by atoms with van der Waals surface area (Å²) in [6, 6.07) is 11.9. The number of pyridine rings is 1. The van der Waals surface area contributed by atoms with Crippen molar-refractivity contribution in [3.63, 3.8) is 0 Å². The number of nitrogens with zero attached hydrogens (tertiary/aromatic N) is 4. The van der Waals surface area contributed by atoms with E-state index >= 15 is 4.39 Å². The van der Waals surface area contributed by atoms with Gasteiger partial charge in [-0.25, -0.2) is 19.1 Å². The summed E-state index contributed by atoms with van der Waals surface area (Å²) in [6.07, 6.45) is -0.771. The second-order valence-corrected chi connectivity index (χ2v) is 11.8. The summed E-state index contributed by atoms with van der Waals surface area (Å²) < 4.78 is 31.8. The summed E-state index contributed by atoms with van der Waals surface area (Å²) >= 11 is 0. The average molecular weight is 592 g/mol. The van der Waals surface area contributed by atoms with E-state index in [1.165, 1.54) is 13.2 Å². The quantitative estimate of drug-likeness (QED) is 0.386. The lowest BCUT2D eigenvalue weighted by Gasteiger charge is -2.31. The summed E-state index contributed by atoms with van der Waals surface area (Å²) in [4.78, 5) is 37.2. The maximum atomic E-state index is 15.2. The number of morpholine rings is 1. The highest BCUT2D eigenvalue weighted by Gasteiger charge is 2.39. The highest BCUT2D eigenvalue weighted by Crippen LogP contribution is 2.42. The topological polar surface area (TPSA) is 96.5 Å². The minimum atomic E-state index is -0.806. The van der Waals surface area contributed by atoms with Crippen molar-refractivity contribution >= 4 is 29.2 Å². The first-order valence-corrected chi connectivity index (χ1v) is 14.2. The van der Waals surface area contributed by atoms with Gasteiger partial charge < -0.3 is 29.3 Å². The Morgan fingerprint density at radius 2 is 1.84 bits per heavy atom. The summed E-state index contributed by atoms with van der Waals surface area (Å²) in [5, 5.41) is 3.31. The Labute approximate surface area is 251 Å². The van der Waals surface area contributed by atoms with Gasteiger partial charge in [0.15, 0.2) is 0 Å². The Morgan fingerprint density at radius 1 is 1.09 bits per heavy atom. The third kappa shape index (κ3) is 6.42. The van der Waals surface area contributed by atoms with Crippen LogP contribution in [0.2, 0.25) is 0 Å². The molecule has 0 aliphatic carbocycles. The van der Waals surface area contributed by atoms with Crippen molar-refractivity contribution in [2.24, 2.45) is 0 Å². The number of amides is 2. The summed E-state index contributed by atoms with van der Waals surface area (Å²) in [5.74, 6) is -0.183. The molecule has 0 radical (unpaired) electrons. The zero-order valence-electron chi connectivity index (χ0n) is 25.5. The summed E-state index contributed by atoms with van der Waals surface area (Å²) in [5.41, 5.74) is 2.97. The largest absolute Gasteiger partial charge is 0.496 e. The fourth-order valence-corrected chi connectivity index (χ4v) is 5.37. The van der Waals surface area contributed by atoms with Gasteiger partial charge in [-0.15, -0.1) is 0 Å². The highest BCUT2D eigenvalue weighted by molar-refractivity contribution is 6.12. The number of anilines is 3. The number of benzene rings is 2. The zero-order valence-corrected chi connectivity index (χ0v) is 25.5. The Hall–Kier alpha value is -4.22. The number of carbonyl (C=O) groups is 2. The number of ether oxygens (including phenoxy) is 3. The molecule has 5 rings (SSSR count). The fraction of sp³-hybridized carbons (Fsp3) is 0.406. The monoisotopic (exact) mass is 591 g/mol. The molecule has 2 aromatic carbocycles. The molecule has 2 amide bonds. The third-order valence-electron chi connectivity index (χ3n) is 7.20. The van der Waals surface area contributed by atoms with E-state index in [4.69, 9.17) is 19.2 Å². The molecule has 43 heavy (non-hydrogen) atoms. The van der Waals surface area contributed by atoms with Crippen molar-refractivity contribution in [1.29, 1.82) is 0 Å². The Balaban J connectivity index is 1.58. The van der Waals surface area contributed by atoms with Gasteiger partial charge in [-0.2, -0.15) is 0 Å². The van der Waals surface area contributed by atoms with E-state index < -0.39 is 23.4 Å². The number of rotatable bonds is 7. The van der Waals surface area contributed by atoms with Gasteiger partial charge in [0.1, 0.15) is 23.0 Å². The number of hydrogen-bond acceptors (Lipinski definition) is 9. The molecule has 1 fully saturated rings. The molecule has 2 aliphatic heterocycles. The smallest absolute Gasteiger partial charge is 0.417 e. The predicted molar refractivity (Wildman–Crippen MR) is 162 cm³/mol. The maximum Gasteiger partial charge on any atom is 0.417 e. The van der Waals surface area contributed by atoms with Crippen LogP contribution in [0.3, 0.4) is 0 Å². The number of halogens is 1. The van der Waals surface area contributed by atoms with Crippen LogP contribution in [0.4, 0.5) is 26.4 Å². The Bertz CT molecular complexity index is 1530. The first-order valence-electron chi connectivity index (χ1n) is 14.2. The van der Waals surface area contributed by atoms with Gasteiger partial charge in [-0.1, -0.05) is 12.1 Å². The van der Waals surface area contributed by atoms with Crippen molar-refractivity contribution in [2.75, 3.05) is 57.7 Å². The fourth-order valence-electron chi connectivity index (χ4n) is 5.37.